The Hall–Kier alpha value is -3.44. The van der Waals surface area contributed by atoms with Crippen LogP contribution in [0, 0.1) is 20.8 Å². The van der Waals surface area contributed by atoms with Gasteiger partial charge in [-0.25, -0.2) is 0 Å². The van der Waals surface area contributed by atoms with Crippen LogP contribution in [0.5, 0.6) is 11.5 Å². The summed E-state index contributed by atoms with van der Waals surface area (Å²) >= 11 is 0. The van der Waals surface area contributed by atoms with E-state index in [1.165, 1.54) is 33.7 Å². The van der Waals surface area contributed by atoms with Gasteiger partial charge in [-0.1, -0.05) is 140 Å². The molecule has 0 radical (unpaired) electrons. The minimum absolute atomic E-state index is 0.0516. The van der Waals surface area contributed by atoms with Crippen molar-refractivity contribution < 1.29 is 10.2 Å². The molecule has 0 aliphatic carbocycles. The van der Waals surface area contributed by atoms with Crippen molar-refractivity contribution in [2.45, 2.75) is 126 Å². The van der Waals surface area contributed by atoms with E-state index >= 15 is 0 Å². The predicted octanol–water partition coefficient (Wildman–Crippen LogP) is 15.4. The Labute approximate surface area is 355 Å². The number of aromatic hydroxyl groups is 2. The highest BCUT2D eigenvalue weighted by Gasteiger charge is 2.28. The monoisotopic (exact) mass is 815 g/mol. The molecule has 0 heterocycles. The van der Waals surface area contributed by atoms with Crippen molar-refractivity contribution in [3.63, 3.8) is 0 Å². The molecule has 310 valence electrons. The Bertz CT molecular complexity index is 2100. The van der Waals surface area contributed by atoms with Crippen molar-refractivity contribution in [3.8, 4) is 56.0 Å². The lowest BCUT2D eigenvalue weighted by Crippen LogP contribution is -2.16. The predicted molar refractivity (Wildman–Crippen MR) is 262 cm³/mol. The highest BCUT2D eigenvalue weighted by atomic mass is 31.1. The van der Waals surface area contributed by atoms with Gasteiger partial charge in [0.2, 0.25) is 0 Å². The summed E-state index contributed by atoms with van der Waals surface area (Å²) in [4.78, 5) is 0. The van der Waals surface area contributed by atoms with Crippen LogP contribution < -0.4 is 5.30 Å². The highest BCUT2D eigenvalue weighted by Crippen LogP contribution is 2.50. The van der Waals surface area contributed by atoms with Gasteiger partial charge in [-0.05, 0) is 166 Å². The first kappa shape index (κ1) is 45.6. The smallest absolute Gasteiger partial charge is 0.131 e. The number of benzene rings is 5. The Morgan fingerprint density at radius 1 is 0.379 bits per heavy atom. The van der Waals surface area contributed by atoms with E-state index in [1.807, 2.05) is 0 Å². The van der Waals surface area contributed by atoms with Crippen molar-refractivity contribution in [3.05, 3.63) is 112 Å². The Kier molecular flexibility index (Phi) is 13.0. The number of hydrogen-bond donors (Lipinski definition) is 2. The van der Waals surface area contributed by atoms with Crippen LogP contribution in [0.4, 0.5) is 0 Å². The Morgan fingerprint density at radius 3 is 0.931 bits per heavy atom. The van der Waals surface area contributed by atoms with Gasteiger partial charge in [0, 0.05) is 22.3 Å². The molecule has 0 amide bonds. The number of aryl methyl sites for hydroxylation is 3. The van der Waals surface area contributed by atoms with Crippen LogP contribution in [0.3, 0.4) is 0 Å². The molecule has 5 aromatic rings. The zero-order valence-corrected chi connectivity index (χ0v) is 40.9. The van der Waals surface area contributed by atoms with Crippen LogP contribution in [0.15, 0.2) is 72.8 Å². The van der Waals surface area contributed by atoms with E-state index < -0.39 is 7.92 Å². The molecule has 1 atom stereocenters. The summed E-state index contributed by atoms with van der Waals surface area (Å²) in [5.41, 5.74) is 15.8. The zero-order valence-electron chi connectivity index (χ0n) is 39.1. The molecule has 0 bridgehead atoms. The summed E-state index contributed by atoms with van der Waals surface area (Å²) in [7, 11) is -0.755. The average molecular weight is 815 g/mol. The fraction of sp³-hybridized carbons (Fsp3) is 0.444. The van der Waals surface area contributed by atoms with E-state index in [0.29, 0.717) is 11.5 Å². The molecule has 2 N–H and O–H groups in total. The SMILES string of the molecule is Cc1cc(-c2cc(C(C)(C)C)cc(C(C)(C)C)c2)c(O)c(-c2cc(C)cc(-c3cc(C)cc(-c4cc(C(C)(C)C)cc(C(C)(C)C)c4)c3O)c2P(C)CCP(C)C)c1. The van der Waals surface area contributed by atoms with Crippen molar-refractivity contribution in [1.29, 1.82) is 0 Å². The topological polar surface area (TPSA) is 40.5 Å². The van der Waals surface area contributed by atoms with Gasteiger partial charge in [0.15, 0.2) is 0 Å². The van der Waals surface area contributed by atoms with Crippen molar-refractivity contribution in [2.75, 3.05) is 32.3 Å². The summed E-state index contributed by atoms with van der Waals surface area (Å²) in [5.74, 6) is 0.627. The second kappa shape index (κ2) is 16.5. The molecule has 4 heteroatoms. The molecule has 58 heavy (non-hydrogen) atoms. The molecular weight excluding hydrogens is 743 g/mol. The normalized spacial score (nSPS) is 13.4. The van der Waals surface area contributed by atoms with Gasteiger partial charge in [-0.15, -0.1) is 7.92 Å². The molecule has 0 aliphatic heterocycles. The molecule has 0 spiro atoms. The summed E-state index contributed by atoms with van der Waals surface area (Å²) in [5, 5.41) is 26.5. The third-order valence-corrected chi connectivity index (χ3v) is 15.2. The Balaban J connectivity index is 1.86. The fourth-order valence-electron chi connectivity index (χ4n) is 7.77. The summed E-state index contributed by atoms with van der Waals surface area (Å²) in [6, 6.07) is 27.0. The molecule has 5 aromatic carbocycles. The van der Waals surface area contributed by atoms with Crippen LogP contribution in [-0.4, -0.2) is 42.5 Å². The lowest BCUT2D eigenvalue weighted by molar-refractivity contribution is 0.479. The summed E-state index contributed by atoms with van der Waals surface area (Å²) < 4.78 is 0. The molecule has 1 unspecified atom stereocenters. The minimum atomic E-state index is -0.670. The van der Waals surface area contributed by atoms with Gasteiger partial charge in [-0.2, -0.15) is 0 Å². The lowest BCUT2D eigenvalue weighted by Gasteiger charge is -2.28. The first-order valence-electron chi connectivity index (χ1n) is 21.1. The van der Waals surface area contributed by atoms with Gasteiger partial charge < -0.3 is 10.2 Å². The van der Waals surface area contributed by atoms with Crippen LogP contribution in [0.2, 0.25) is 0 Å². The summed E-state index contributed by atoms with van der Waals surface area (Å²) in [6.07, 6.45) is 2.26. The molecule has 0 saturated carbocycles. The number of hydrogen-bond acceptors (Lipinski definition) is 2. The average Bonchev–Trinajstić information content (AvgIpc) is 3.10. The van der Waals surface area contributed by atoms with Gasteiger partial charge >= 0.3 is 0 Å². The molecule has 0 saturated heterocycles. The van der Waals surface area contributed by atoms with Crippen molar-refractivity contribution >= 4 is 21.1 Å². The van der Waals surface area contributed by atoms with Gasteiger partial charge in [0.05, 0.1) is 0 Å². The number of rotatable bonds is 8. The van der Waals surface area contributed by atoms with Crippen molar-refractivity contribution in [1.82, 2.24) is 0 Å². The first-order valence-corrected chi connectivity index (χ1v) is 25.5. The lowest BCUT2D eigenvalue weighted by atomic mass is 9.78. The van der Waals surface area contributed by atoms with E-state index in [9.17, 15) is 10.2 Å². The number of phenols is 2. The quantitative estimate of drug-likeness (QED) is 0.153. The number of phenolic OH excluding ortho intramolecular Hbond substituents is 2. The largest absolute Gasteiger partial charge is 0.507 e. The second-order valence-corrected chi connectivity index (χ2v) is 26.3. The standard InChI is InChI=1S/C54H72O2P2/c1-33-21-42(36-27-38(51(4,5)6)31-39(28-36)52(7,8)9)48(55)44(23-33)46-25-35(3)26-47(50(46)58(18)20-19-57(16)17)45-24-34(2)22-43(49(45)56)37-29-40(53(10,11)12)32-41(30-37)54(13,14)15/h21-32,55-56H,19-20H2,1-18H3. The van der Waals surface area contributed by atoms with Gasteiger partial charge in [0.25, 0.3) is 0 Å². The van der Waals surface area contributed by atoms with E-state index in [1.54, 1.807) is 0 Å². The first-order chi connectivity index (χ1) is 26.6. The molecule has 2 nitrogen and oxygen atoms in total. The van der Waals surface area contributed by atoms with E-state index in [0.717, 1.165) is 67.4 Å². The van der Waals surface area contributed by atoms with E-state index in [4.69, 9.17) is 0 Å². The van der Waals surface area contributed by atoms with Gasteiger partial charge in [0.1, 0.15) is 11.5 Å². The molecular formula is C54H72O2P2. The highest BCUT2D eigenvalue weighted by molar-refractivity contribution is 7.67. The molecule has 0 fully saturated rings. The molecule has 5 rings (SSSR count). The zero-order chi connectivity index (χ0) is 43.4. The van der Waals surface area contributed by atoms with E-state index in [-0.39, 0.29) is 29.6 Å². The van der Waals surface area contributed by atoms with Crippen LogP contribution in [0.1, 0.15) is 122 Å². The van der Waals surface area contributed by atoms with Crippen molar-refractivity contribution in [2.24, 2.45) is 0 Å². The molecule has 0 aromatic heterocycles. The van der Waals surface area contributed by atoms with Crippen LogP contribution in [-0.2, 0) is 21.7 Å². The maximum absolute atomic E-state index is 12.6. The maximum Gasteiger partial charge on any atom is 0.131 e. The van der Waals surface area contributed by atoms with Crippen LogP contribution in [0.25, 0.3) is 44.5 Å². The molecule has 0 aliphatic rings. The van der Waals surface area contributed by atoms with Crippen LogP contribution >= 0.6 is 15.8 Å². The van der Waals surface area contributed by atoms with E-state index in [2.05, 4.69) is 197 Å². The van der Waals surface area contributed by atoms with Gasteiger partial charge in [-0.3, -0.25) is 0 Å². The maximum atomic E-state index is 12.6. The third-order valence-electron chi connectivity index (χ3n) is 11.6. The second-order valence-electron chi connectivity index (χ2n) is 21.4. The summed E-state index contributed by atoms with van der Waals surface area (Å²) in [6.45, 7) is 40.7. The Morgan fingerprint density at radius 2 is 0.655 bits per heavy atom. The fourth-order valence-corrected chi connectivity index (χ4v) is 12.0. The minimum Gasteiger partial charge on any atom is -0.507 e. The third kappa shape index (κ3) is 10.1.